The lowest BCUT2D eigenvalue weighted by atomic mass is 9.44. The van der Waals surface area contributed by atoms with Crippen LogP contribution in [0.3, 0.4) is 0 Å². The van der Waals surface area contributed by atoms with Gasteiger partial charge in [0.1, 0.15) is 22.8 Å². The number of phenolic OH excluding ortho intramolecular Hbond substituents is 1. The van der Waals surface area contributed by atoms with Crippen molar-refractivity contribution in [3.8, 4) is 5.75 Å². The maximum Gasteiger partial charge on any atom is 0.209 e. The molecule has 4 atom stereocenters. The zero-order chi connectivity index (χ0) is 27.2. The van der Waals surface area contributed by atoms with E-state index >= 15 is 0 Å². The Morgan fingerprint density at radius 1 is 1.11 bits per heavy atom. The van der Waals surface area contributed by atoms with Gasteiger partial charge in [0.05, 0.1) is 5.56 Å². The molecule has 1 aromatic carbocycles. The molecule has 7 heteroatoms. The highest BCUT2D eigenvalue weighted by atomic mass is 16.3. The minimum absolute atomic E-state index is 0.0405. The maximum atomic E-state index is 14.0. The number of fused-ring (bicyclic) bond motifs is 3. The second-order valence-electron chi connectivity index (χ2n) is 11.7. The molecule has 0 saturated carbocycles. The Morgan fingerprint density at radius 2 is 1.78 bits per heavy atom. The molecular weight excluding hydrogens is 472 g/mol. The zero-order valence-electron chi connectivity index (χ0n) is 21.7. The third kappa shape index (κ3) is 3.00. The second kappa shape index (κ2) is 7.78. The fourth-order valence-corrected chi connectivity index (χ4v) is 7.66. The van der Waals surface area contributed by atoms with E-state index < -0.39 is 51.0 Å². The van der Waals surface area contributed by atoms with Gasteiger partial charge in [0.15, 0.2) is 17.2 Å². The first-order valence-corrected chi connectivity index (χ1v) is 12.6. The van der Waals surface area contributed by atoms with Crippen molar-refractivity contribution in [1.29, 1.82) is 0 Å². The van der Waals surface area contributed by atoms with Crippen molar-refractivity contribution in [1.82, 2.24) is 0 Å². The monoisotopic (exact) mass is 504 g/mol. The molecular formula is C30H32O7. The summed E-state index contributed by atoms with van der Waals surface area (Å²) in [6, 6.07) is 3.21. The Bertz CT molecular complexity index is 1420. The molecule has 0 bridgehead atoms. The van der Waals surface area contributed by atoms with Crippen LogP contribution in [-0.2, 0) is 16.0 Å². The first-order valence-electron chi connectivity index (χ1n) is 12.6. The minimum Gasteiger partial charge on any atom is -0.511 e. The van der Waals surface area contributed by atoms with Crippen molar-refractivity contribution in [2.45, 2.75) is 59.5 Å². The molecule has 0 spiro atoms. The van der Waals surface area contributed by atoms with Crippen LogP contribution in [0.25, 0.3) is 5.57 Å². The number of ketones is 3. The van der Waals surface area contributed by atoms with E-state index in [0.717, 1.165) is 24.5 Å². The highest BCUT2D eigenvalue weighted by molar-refractivity contribution is 6.25. The number of allylic oxidation sites excluding steroid dienone is 6. The number of benzene rings is 1. The van der Waals surface area contributed by atoms with Crippen LogP contribution < -0.4 is 0 Å². The molecule has 5 rings (SSSR count). The Balaban J connectivity index is 1.82. The predicted molar refractivity (Wildman–Crippen MR) is 137 cm³/mol. The van der Waals surface area contributed by atoms with Gasteiger partial charge < -0.3 is 20.4 Å². The number of hydrogen-bond donors (Lipinski definition) is 4. The number of aromatic hydroxyl groups is 1. The summed E-state index contributed by atoms with van der Waals surface area (Å²) in [7, 11) is 0. The van der Waals surface area contributed by atoms with Gasteiger partial charge in [0.2, 0.25) is 5.78 Å². The molecule has 0 fully saturated rings. The molecule has 0 aromatic heterocycles. The van der Waals surface area contributed by atoms with Gasteiger partial charge in [-0.05, 0) is 54.9 Å². The summed E-state index contributed by atoms with van der Waals surface area (Å²) in [6.45, 7) is 8.19. The van der Waals surface area contributed by atoms with Crippen LogP contribution in [-0.4, -0.2) is 43.4 Å². The van der Waals surface area contributed by atoms with Crippen LogP contribution in [0.15, 0.2) is 53.0 Å². The summed E-state index contributed by atoms with van der Waals surface area (Å²) in [5, 5.41) is 45.7. The van der Waals surface area contributed by atoms with E-state index in [0.29, 0.717) is 5.56 Å². The van der Waals surface area contributed by atoms with Gasteiger partial charge in [-0.3, -0.25) is 14.4 Å². The third-order valence-electron chi connectivity index (χ3n) is 8.97. The van der Waals surface area contributed by atoms with E-state index in [-0.39, 0.29) is 41.4 Å². The first-order chi connectivity index (χ1) is 17.2. The number of hydrogen-bond acceptors (Lipinski definition) is 7. The highest BCUT2D eigenvalue weighted by Gasteiger charge is 2.71. The number of aliphatic hydroxyl groups is 3. The molecule has 7 nitrogen and oxygen atoms in total. The van der Waals surface area contributed by atoms with Crippen molar-refractivity contribution in [3.63, 3.8) is 0 Å². The van der Waals surface area contributed by atoms with Gasteiger partial charge in [-0.25, -0.2) is 0 Å². The van der Waals surface area contributed by atoms with E-state index in [1.807, 2.05) is 32.1 Å². The van der Waals surface area contributed by atoms with Crippen LogP contribution in [0.1, 0.15) is 68.9 Å². The van der Waals surface area contributed by atoms with Gasteiger partial charge in [-0.15, -0.1) is 0 Å². The summed E-state index contributed by atoms with van der Waals surface area (Å²) in [5.41, 5.74) is -3.31. The van der Waals surface area contributed by atoms with E-state index in [1.54, 1.807) is 19.9 Å². The summed E-state index contributed by atoms with van der Waals surface area (Å²) < 4.78 is 0. The SMILES string of the molecule is CC(=O)C1=C(O)C(C(C)C)[C@@]2(C)C[C@@]3(C)Cc4c(C5=CCC=C5)ccc(O)c4C(=O)C3=C(O)[C@@]2(O)C1=O. The number of aliphatic hydroxyl groups excluding tert-OH is 2. The average molecular weight is 505 g/mol. The molecule has 4 aliphatic rings. The fourth-order valence-electron chi connectivity index (χ4n) is 7.66. The van der Waals surface area contributed by atoms with Crippen LogP contribution in [0.2, 0.25) is 0 Å². The van der Waals surface area contributed by atoms with Gasteiger partial charge in [-0.1, -0.05) is 52.0 Å². The molecule has 0 amide bonds. The van der Waals surface area contributed by atoms with E-state index in [2.05, 4.69) is 0 Å². The molecule has 0 aliphatic heterocycles. The minimum atomic E-state index is -2.60. The van der Waals surface area contributed by atoms with Crippen LogP contribution in [0, 0.1) is 22.7 Å². The van der Waals surface area contributed by atoms with E-state index in [1.165, 1.54) is 6.07 Å². The molecule has 4 aliphatic carbocycles. The number of phenols is 1. The molecule has 0 heterocycles. The van der Waals surface area contributed by atoms with Gasteiger partial charge in [-0.2, -0.15) is 0 Å². The standard InChI is InChI=1S/C30H32O7/c1-14(2)22-24(33)20(15(3)31)26(35)30(37)27(36)23-25(34)21-18(12-28(23,4)13-29(22,30)5)17(10-11-19(21)32)16-8-6-7-9-16/h6,8-11,14,22,32-33,36-37H,7,12-13H2,1-5H3/t22?,28-,29-,30+/m1/s1. The van der Waals surface area contributed by atoms with Gasteiger partial charge >= 0.3 is 0 Å². The lowest BCUT2D eigenvalue weighted by Gasteiger charge is -2.59. The zero-order valence-corrected chi connectivity index (χ0v) is 21.7. The van der Waals surface area contributed by atoms with Gasteiger partial charge in [0.25, 0.3) is 0 Å². The van der Waals surface area contributed by atoms with Crippen molar-refractivity contribution < 1.29 is 34.8 Å². The summed E-state index contributed by atoms with van der Waals surface area (Å²) in [6.07, 6.45) is 7.10. The van der Waals surface area contributed by atoms with Crippen LogP contribution in [0.4, 0.5) is 0 Å². The van der Waals surface area contributed by atoms with E-state index in [9.17, 15) is 34.8 Å². The van der Waals surface area contributed by atoms with E-state index in [4.69, 9.17) is 0 Å². The maximum absolute atomic E-state index is 14.0. The van der Waals surface area contributed by atoms with Crippen molar-refractivity contribution in [2.75, 3.05) is 0 Å². The Morgan fingerprint density at radius 3 is 2.35 bits per heavy atom. The summed E-state index contributed by atoms with van der Waals surface area (Å²) in [4.78, 5) is 40.1. The molecule has 1 unspecified atom stereocenters. The number of rotatable bonds is 3. The number of carbonyl (C=O) groups is 3. The Labute approximate surface area is 215 Å². The van der Waals surface area contributed by atoms with Crippen molar-refractivity contribution >= 4 is 22.9 Å². The Hall–Kier alpha value is -3.45. The summed E-state index contributed by atoms with van der Waals surface area (Å²) in [5.74, 6) is -5.07. The molecule has 4 N–H and O–H groups in total. The van der Waals surface area contributed by atoms with Crippen LogP contribution >= 0.6 is 0 Å². The number of carbonyl (C=O) groups excluding carboxylic acids is 3. The van der Waals surface area contributed by atoms with Gasteiger partial charge in [0, 0.05) is 22.3 Å². The quantitative estimate of drug-likeness (QED) is 0.439. The van der Waals surface area contributed by atoms with Crippen molar-refractivity contribution in [2.24, 2.45) is 22.7 Å². The molecule has 194 valence electrons. The highest BCUT2D eigenvalue weighted by Crippen LogP contribution is 2.65. The normalized spacial score (nSPS) is 32.9. The third-order valence-corrected chi connectivity index (χ3v) is 8.97. The first kappa shape index (κ1) is 25.2. The topological polar surface area (TPSA) is 132 Å². The molecule has 0 saturated heterocycles. The smallest absolute Gasteiger partial charge is 0.209 e. The number of Topliss-reactive ketones (excluding diaryl/α,β-unsaturated/α-hetero) is 3. The molecule has 37 heavy (non-hydrogen) atoms. The molecule has 0 radical (unpaired) electrons. The summed E-state index contributed by atoms with van der Waals surface area (Å²) >= 11 is 0. The van der Waals surface area contributed by atoms with Crippen molar-refractivity contribution in [3.05, 3.63) is 69.7 Å². The predicted octanol–water partition coefficient (Wildman–Crippen LogP) is 4.69. The Kier molecular flexibility index (Phi) is 5.30. The largest absolute Gasteiger partial charge is 0.511 e. The average Bonchev–Trinajstić information content (AvgIpc) is 3.30. The lowest BCUT2D eigenvalue weighted by molar-refractivity contribution is -0.171. The second-order valence-corrected chi connectivity index (χ2v) is 11.7. The molecule has 1 aromatic rings. The van der Waals surface area contributed by atoms with Crippen LogP contribution in [0.5, 0.6) is 5.75 Å². The lowest BCUT2D eigenvalue weighted by Crippen LogP contribution is -2.67. The fraction of sp³-hybridized carbons (Fsp3) is 0.433.